The Hall–Kier alpha value is -4.38. The number of nitriles is 1. The van der Waals surface area contributed by atoms with Gasteiger partial charge in [0.25, 0.3) is 0 Å². The minimum atomic E-state index is -0.588. The second-order valence-corrected chi connectivity index (χ2v) is 6.59. The van der Waals surface area contributed by atoms with Crippen LogP contribution < -0.4 is 9.47 Å². The van der Waals surface area contributed by atoms with E-state index >= 15 is 0 Å². The Morgan fingerprint density at radius 1 is 0.882 bits per heavy atom. The summed E-state index contributed by atoms with van der Waals surface area (Å²) in [5.41, 5.74) is 1.76. The summed E-state index contributed by atoms with van der Waals surface area (Å²) in [6, 6.07) is 16.1. The largest absolute Gasteiger partial charge is 0.497 e. The molecule has 0 spiro atoms. The molecule has 0 fully saturated rings. The summed E-state index contributed by atoms with van der Waals surface area (Å²) in [7, 11) is 4.45. The molecular weight excluding hydrogens is 436 g/mol. The van der Waals surface area contributed by atoms with Crippen LogP contribution in [-0.2, 0) is 19.1 Å². The molecule has 2 rings (SSSR count). The van der Waals surface area contributed by atoms with Crippen molar-refractivity contribution in [1.82, 2.24) is 0 Å². The van der Waals surface area contributed by atoms with Crippen LogP contribution in [0.4, 0.5) is 0 Å². The van der Waals surface area contributed by atoms with Gasteiger partial charge < -0.3 is 24.4 Å². The lowest BCUT2D eigenvalue weighted by molar-refractivity contribution is -0.138. The number of esters is 2. The highest BCUT2D eigenvalue weighted by molar-refractivity contribution is 6.12. The van der Waals surface area contributed by atoms with Crippen LogP contribution in [0.25, 0.3) is 12.2 Å². The Morgan fingerprint density at radius 3 is 1.76 bits per heavy atom. The molecule has 2 aromatic rings. The number of hydrogen-bond acceptors (Lipinski definition) is 8. The van der Waals surface area contributed by atoms with Crippen LogP contribution in [0, 0.1) is 16.7 Å². The van der Waals surface area contributed by atoms with Gasteiger partial charge in [-0.05, 0) is 54.0 Å². The van der Waals surface area contributed by atoms with Crippen molar-refractivity contribution in [2.75, 3.05) is 27.9 Å². The maximum absolute atomic E-state index is 11.5. The molecule has 0 saturated heterocycles. The molecule has 0 heterocycles. The minimum Gasteiger partial charge on any atom is -0.497 e. The molecular formula is C26H28N2O6. The molecule has 0 aliphatic heterocycles. The number of methoxy groups -OCH3 is 3. The van der Waals surface area contributed by atoms with E-state index in [0.717, 1.165) is 35.3 Å². The van der Waals surface area contributed by atoms with Gasteiger partial charge in [0.05, 0.1) is 33.5 Å². The number of rotatable bonds is 9. The zero-order valence-corrected chi connectivity index (χ0v) is 19.7. The van der Waals surface area contributed by atoms with Crippen molar-refractivity contribution in [3.05, 3.63) is 70.8 Å². The zero-order chi connectivity index (χ0) is 25.3. The quantitative estimate of drug-likeness (QED) is 0.252. The number of hydrogen-bond donors (Lipinski definition) is 1. The highest BCUT2D eigenvalue weighted by Gasteiger charge is 2.10. The summed E-state index contributed by atoms with van der Waals surface area (Å²) in [6.45, 7) is 2.22. The SMILES string of the molecule is CCCOC(=O)/C(C#N)=C\c1ccc(OC)cc1.COC(=O)/C(C=N)=C\c1ccc(OC)cc1. The molecule has 0 radical (unpaired) electrons. The fourth-order valence-corrected chi connectivity index (χ4v) is 2.43. The predicted molar refractivity (Wildman–Crippen MR) is 130 cm³/mol. The molecule has 8 nitrogen and oxygen atoms in total. The highest BCUT2D eigenvalue weighted by Crippen LogP contribution is 2.15. The van der Waals surface area contributed by atoms with E-state index in [1.165, 1.54) is 13.2 Å². The molecule has 2 aromatic carbocycles. The Labute approximate surface area is 199 Å². The van der Waals surface area contributed by atoms with Gasteiger partial charge in [0.2, 0.25) is 0 Å². The summed E-state index contributed by atoms with van der Waals surface area (Å²) in [5, 5.41) is 16.0. The van der Waals surface area contributed by atoms with E-state index in [9.17, 15) is 9.59 Å². The molecule has 1 N–H and O–H groups in total. The first-order chi connectivity index (χ1) is 16.4. The third-order valence-corrected chi connectivity index (χ3v) is 4.22. The summed E-state index contributed by atoms with van der Waals surface area (Å²) in [6.07, 6.45) is 4.78. The van der Waals surface area contributed by atoms with Gasteiger partial charge in [-0.2, -0.15) is 5.26 Å². The first-order valence-corrected chi connectivity index (χ1v) is 10.3. The molecule has 0 atom stereocenters. The van der Waals surface area contributed by atoms with Crippen molar-refractivity contribution >= 4 is 30.3 Å². The first-order valence-electron chi connectivity index (χ1n) is 10.3. The standard InChI is InChI=1S/C14H15NO3.C12H13NO3/c1-3-8-18-14(16)12(10-15)9-11-4-6-13(17-2)7-5-11;1-15-11-5-3-9(4-6-11)7-10(8-13)12(14)16-2/h4-7,9H,3,8H2,1-2H3;3-8,13H,1-2H3/b12-9-;10-7-,13-8?. The Bertz CT molecular complexity index is 1050. The number of ether oxygens (including phenoxy) is 4. The molecule has 0 saturated carbocycles. The molecule has 0 amide bonds. The number of nitrogens with zero attached hydrogens (tertiary/aromatic N) is 1. The molecule has 178 valence electrons. The molecule has 8 heteroatoms. The average molecular weight is 465 g/mol. The van der Waals surface area contributed by atoms with Crippen molar-refractivity contribution in [2.45, 2.75) is 13.3 Å². The summed E-state index contributed by atoms with van der Waals surface area (Å²) < 4.78 is 19.5. The third-order valence-electron chi connectivity index (χ3n) is 4.22. The first kappa shape index (κ1) is 27.7. The van der Waals surface area contributed by atoms with E-state index < -0.39 is 11.9 Å². The van der Waals surface area contributed by atoms with E-state index in [1.54, 1.807) is 68.8 Å². The molecule has 0 aliphatic carbocycles. The van der Waals surface area contributed by atoms with Gasteiger partial charge in [-0.25, -0.2) is 9.59 Å². The van der Waals surface area contributed by atoms with Crippen molar-refractivity contribution in [3.63, 3.8) is 0 Å². The lowest BCUT2D eigenvalue weighted by Gasteiger charge is -2.02. The molecule has 0 bridgehead atoms. The topological polar surface area (TPSA) is 119 Å². The highest BCUT2D eigenvalue weighted by atomic mass is 16.5. The zero-order valence-electron chi connectivity index (χ0n) is 19.7. The van der Waals surface area contributed by atoms with E-state index in [-0.39, 0.29) is 11.1 Å². The van der Waals surface area contributed by atoms with E-state index in [2.05, 4.69) is 4.74 Å². The van der Waals surface area contributed by atoms with Gasteiger partial charge in [-0.3, -0.25) is 0 Å². The van der Waals surface area contributed by atoms with Crippen LogP contribution in [0.5, 0.6) is 11.5 Å². The number of nitrogens with one attached hydrogen (secondary N) is 1. The van der Waals surface area contributed by atoms with Gasteiger partial charge >= 0.3 is 11.9 Å². The van der Waals surface area contributed by atoms with E-state index in [1.807, 2.05) is 13.0 Å². The van der Waals surface area contributed by atoms with Crippen molar-refractivity contribution < 1.29 is 28.5 Å². The normalized spacial score (nSPS) is 10.7. The number of benzene rings is 2. The Balaban J connectivity index is 0.000000342. The minimum absolute atomic E-state index is 0.00591. The van der Waals surface area contributed by atoms with Gasteiger partial charge in [0.15, 0.2) is 0 Å². The lowest BCUT2D eigenvalue weighted by atomic mass is 10.1. The maximum Gasteiger partial charge on any atom is 0.348 e. The molecule has 0 unspecified atom stereocenters. The van der Waals surface area contributed by atoms with Gasteiger partial charge in [0.1, 0.15) is 23.1 Å². The number of carbonyl (C=O) groups is 2. The fraction of sp³-hybridized carbons (Fsp3) is 0.231. The van der Waals surface area contributed by atoms with E-state index in [0.29, 0.717) is 6.61 Å². The van der Waals surface area contributed by atoms with Crippen LogP contribution in [0.1, 0.15) is 24.5 Å². The lowest BCUT2D eigenvalue weighted by Crippen LogP contribution is -2.07. The summed E-state index contributed by atoms with van der Waals surface area (Å²) >= 11 is 0. The molecule has 0 aliphatic rings. The van der Waals surface area contributed by atoms with Crippen LogP contribution in [0.3, 0.4) is 0 Å². The number of carbonyl (C=O) groups excluding carboxylic acids is 2. The summed E-state index contributed by atoms with van der Waals surface area (Å²) in [4.78, 5) is 22.7. The maximum atomic E-state index is 11.5. The van der Waals surface area contributed by atoms with Gasteiger partial charge in [-0.1, -0.05) is 31.2 Å². The van der Waals surface area contributed by atoms with Crippen molar-refractivity contribution in [3.8, 4) is 17.6 Å². The smallest absolute Gasteiger partial charge is 0.348 e. The van der Waals surface area contributed by atoms with Crippen LogP contribution in [-0.4, -0.2) is 46.1 Å². The van der Waals surface area contributed by atoms with Crippen LogP contribution in [0.2, 0.25) is 0 Å². The van der Waals surface area contributed by atoms with E-state index in [4.69, 9.17) is 24.9 Å². The predicted octanol–water partition coefficient (Wildman–Crippen LogP) is 4.46. The van der Waals surface area contributed by atoms with Gasteiger partial charge in [-0.15, -0.1) is 0 Å². The second-order valence-electron chi connectivity index (χ2n) is 6.59. The average Bonchev–Trinajstić information content (AvgIpc) is 2.89. The van der Waals surface area contributed by atoms with Crippen LogP contribution in [0.15, 0.2) is 59.7 Å². The monoisotopic (exact) mass is 464 g/mol. The molecule has 34 heavy (non-hydrogen) atoms. The Kier molecular flexibility index (Phi) is 12.5. The van der Waals surface area contributed by atoms with Crippen molar-refractivity contribution in [2.24, 2.45) is 0 Å². The van der Waals surface area contributed by atoms with Crippen molar-refractivity contribution in [1.29, 1.82) is 10.7 Å². The van der Waals surface area contributed by atoms with Gasteiger partial charge in [0, 0.05) is 6.21 Å². The Morgan fingerprint density at radius 2 is 1.38 bits per heavy atom. The second kappa shape index (κ2) is 15.4. The third kappa shape index (κ3) is 9.40. The summed E-state index contributed by atoms with van der Waals surface area (Å²) in [5.74, 6) is 0.354. The van der Waals surface area contributed by atoms with Crippen LogP contribution >= 0.6 is 0 Å². The molecule has 0 aromatic heterocycles. The fourth-order valence-electron chi connectivity index (χ4n) is 2.43.